The van der Waals surface area contributed by atoms with E-state index in [2.05, 4.69) is 0 Å². The van der Waals surface area contributed by atoms with Gasteiger partial charge in [0, 0.05) is 11.1 Å². The van der Waals surface area contributed by atoms with Gasteiger partial charge in [0.1, 0.15) is 11.5 Å². The van der Waals surface area contributed by atoms with Gasteiger partial charge < -0.3 is 14.6 Å². The highest BCUT2D eigenvalue weighted by Crippen LogP contribution is 2.45. The fraction of sp³-hybridized carbons (Fsp3) is 0.0870. The quantitative estimate of drug-likeness (QED) is 0.537. The van der Waals surface area contributed by atoms with Crippen LogP contribution < -0.4 is 9.47 Å². The molecule has 4 heteroatoms. The second kappa shape index (κ2) is 7.00. The summed E-state index contributed by atoms with van der Waals surface area (Å²) in [5, 5.41) is 13.2. The number of rotatable bonds is 5. The van der Waals surface area contributed by atoms with Crippen molar-refractivity contribution in [2.45, 2.75) is 0 Å². The highest BCUT2D eigenvalue weighted by atomic mass is 16.5. The molecular weight excluding hydrogens is 340 g/mol. The van der Waals surface area contributed by atoms with Crippen LogP contribution in [0.1, 0.15) is 0 Å². The molecule has 0 aliphatic heterocycles. The lowest BCUT2D eigenvalue weighted by Crippen LogP contribution is -2.10. The Hall–Kier alpha value is -3.53. The van der Waals surface area contributed by atoms with Gasteiger partial charge in [0.2, 0.25) is 0 Å². The number of ether oxygens (including phenoxy) is 2. The van der Waals surface area contributed by atoms with Gasteiger partial charge in [-0.2, -0.15) is 0 Å². The molecule has 0 saturated heterocycles. The monoisotopic (exact) mass is 358 g/mol. The molecule has 0 aliphatic carbocycles. The molecule has 4 aromatic carbocycles. The lowest BCUT2D eigenvalue weighted by molar-refractivity contribution is -0.139. The summed E-state index contributed by atoms with van der Waals surface area (Å²) >= 11 is 0. The molecule has 0 aliphatic rings. The Balaban J connectivity index is 2.10. The van der Waals surface area contributed by atoms with Gasteiger partial charge in [-0.05, 0) is 33.7 Å². The first kappa shape index (κ1) is 16.9. The van der Waals surface area contributed by atoms with Gasteiger partial charge in [-0.3, -0.25) is 0 Å². The Bertz CT molecular complexity index is 1150. The van der Waals surface area contributed by atoms with E-state index in [1.807, 2.05) is 72.8 Å². The normalized spacial score (nSPS) is 10.9. The molecule has 134 valence electrons. The lowest BCUT2D eigenvalue weighted by atomic mass is 9.92. The van der Waals surface area contributed by atoms with E-state index in [1.54, 1.807) is 7.11 Å². The minimum absolute atomic E-state index is 0.404. The first-order chi connectivity index (χ1) is 13.2. The lowest BCUT2D eigenvalue weighted by Gasteiger charge is -2.18. The first-order valence-electron chi connectivity index (χ1n) is 8.61. The zero-order valence-electron chi connectivity index (χ0n) is 14.8. The number of fused-ring (bicyclic) bond motifs is 2. The molecule has 0 heterocycles. The fourth-order valence-corrected chi connectivity index (χ4v) is 3.45. The van der Waals surface area contributed by atoms with Crippen molar-refractivity contribution in [2.24, 2.45) is 0 Å². The van der Waals surface area contributed by atoms with Gasteiger partial charge in [0.15, 0.2) is 6.61 Å². The molecule has 0 aromatic heterocycles. The molecule has 27 heavy (non-hydrogen) atoms. The number of hydrogen-bond acceptors (Lipinski definition) is 3. The molecule has 0 atom stereocenters. The van der Waals surface area contributed by atoms with Crippen LogP contribution in [-0.4, -0.2) is 24.8 Å². The van der Waals surface area contributed by atoms with Crippen molar-refractivity contribution in [1.82, 2.24) is 0 Å². The van der Waals surface area contributed by atoms with Crippen LogP contribution in [-0.2, 0) is 4.79 Å². The summed E-state index contributed by atoms with van der Waals surface area (Å²) in [6.07, 6.45) is 0. The van der Waals surface area contributed by atoms with Gasteiger partial charge in [0.25, 0.3) is 0 Å². The predicted octanol–water partition coefficient (Wildman–Crippen LogP) is 5.13. The molecule has 0 amide bonds. The standard InChI is InChI=1S/C23H18O4/c1-26-19-12-10-15-6-2-4-8-17(15)22(19)23-18-9-5-3-7-16(18)11-13-20(23)27-14-21(24)25/h2-13H,14H2,1H3,(H,24,25). The average Bonchev–Trinajstić information content (AvgIpc) is 2.71. The minimum Gasteiger partial charge on any atom is -0.496 e. The van der Waals surface area contributed by atoms with E-state index in [1.165, 1.54) is 0 Å². The largest absolute Gasteiger partial charge is 0.496 e. The van der Waals surface area contributed by atoms with Crippen LogP contribution >= 0.6 is 0 Å². The Morgan fingerprint density at radius 3 is 1.85 bits per heavy atom. The molecule has 1 N–H and O–H groups in total. The van der Waals surface area contributed by atoms with E-state index in [0.29, 0.717) is 11.5 Å². The maximum atomic E-state index is 11.1. The van der Waals surface area contributed by atoms with Crippen molar-refractivity contribution in [3.05, 3.63) is 72.8 Å². The highest BCUT2D eigenvalue weighted by molar-refractivity contribution is 6.09. The third kappa shape index (κ3) is 3.06. The zero-order valence-corrected chi connectivity index (χ0v) is 14.8. The number of benzene rings is 4. The molecule has 4 aromatic rings. The Kier molecular flexibility index (Phi) is 4.38. The number of aliphatic carboxylic acids is 1. The van der Waals surface area contributed by atoms with Crippen LogP contribution in [0, 0.1) is 0 Å². The second-order valence-electron chi connectivity index (χ2n) is 6.21. The van der Waals surface area contributed by atoms with Gasteiger partial charge in [-0.15, -0.1) is 0 Å². The molecule has 0 spiro atoms. The van der Waals surface area contributed by atoms with Gasteiger partial charge in [-0.1, -0.05) is 60.7 Å². The Morgan fingerprint density at radius 2 is 1.30 bits per heavy atom. The van der Waals surface area contributed by atoms with Crippen molar-refractivity contribution in [2.75, 3.05) is 13.7 Å². The summed E-state index contributed by atoms with van der Waals surface area (Å²) in [5.41, 5.74) is 1.73. The maximum absolute atomic E-state index is 11.1. The SMILES string of the molecule is COc1ccc2ccccc2c1-c1c(OCC(=O)O)ccc2ccccc12. The number of hydrogen-bond donors (Lipinski definition) is 1. The van der Waals surface area contributed by atoms with Crippen molar-refractivity contribution in [3.63, 3.8) is 0 Å². The summed E-state index contributed by atoms with van der Waals surface area (Å²) < 4.78 is 11.3. The van der Waals surface area contributed by atoms with Crippen molar-refractivity contribution in [3.8, 4) is 22.6 Å². The second-order valence-corrected chi connectivity index (χ2v) is 6.21. The third-order valence-corrected chi connectivity index (χ3v) is 4.60. The van der Waals surface area contributed by atoms with Crippen molar-refractivity contribution < 1.29 is 19.4 Å². The molecule has 0 unspecified atom stereocenters. The first-order valence-corrected chi connectivity index (χ1v) is 8.61. The smallest absolute Gasteiger partial charge is 0.341 e. The fourth-order valence-electron chi connectivity index (χ4n) is 3.45. The molecule has 4 rings (SSSR count). The highest BCUT2D eigenvalue weighted by Gasteiger charge is 2.18. The van der Waals surface area contributed by atoms with E-state index in [0.717, 1.165) is 32.7 Å². The van der Waals surface area contributed by atoms with Gasteiger partial charge >= 0.3 is 5.97 Å². The maximum Gasteiger partial charge on any atom is 0.341 e. The number of carboxylic acids is 1. The van der Waals surface area contributed by atoms with Crippen molar-refractivity contribution in [1.29, 1.82) is 0 Å². The topological polar surface area (TPSA) is 55.8 Å². The molecule has 0 fully saturated rings. The van der Waals surface area contributed by atoms with Crippen LogP contribution in [0.5, 0.6) is 11.5 Å². The van der Waals surface area contributed by atoms with E-state index >= 15 is 0 Å². The Morgan fingerprint density at radius 1 is 0.778 bits per heavy atom. The predicted molar refractivity (Wildman–Crippen MR) is 107 cm³/mol. The average molecular weight is 358 g/mol. The molecule has 0 radical (unpaired) electrons. The van der Waals surface area contributed by atoms with Crippen LogP contribution in [0.2, 0.25) is 0 Å². The van der Waals surface area contributed by atoms with Gasteiger partial charge in [-0.25, -0.2) is 4.79 Å². The van der Waals surface area contributed by atoms with E-state index < -0.39 is 12.6 Å². The van der Waals surface area contributed by atoms with Crippen LogP contribution in [0.3, 0.4) is 0 Å². The summed E-state index contributed by atoms with van der Waals surface area (Å²) in [5.74, 6) is 0.218. The van der Waals surface area contributed by atoms with Crippen LogP contribution in [0.25, 0.3) is 32.7 Å². The number of carboxylic acid groups (broad SMARTS) is 1. The molecule has 0 saturated carbocycles. The number of carbonyl (C=O) groups is 1. The van der Waals surface area contributed by atoms with Crippen LogP contribution in [0.15, 0.2) is 72.8 Å². The molecule has 4 nitrogen and oxygen atoms in total. The summed E-state index contributed by atoms with van der Waals surface area (Å²) in [4.78, 5) is 11.1. The Labute approximate surface area is 156 Å². The third-order valence-electron chi connectivity index (χ3n) is 4.60. The van der Waals surface area contributed by atoms with Crippen LogP contribution in [0.4, 0.5) is 0 Å². The summed E-state index contributed by atoms with van der Waals surface area (Å²) in [6, 6.07) is 23.7. The molecule has 0 bridgehead atoms. The van der Waals surface area contributed by atoms with E-state index in [4.69, 9.17) is 14.6 Å². The minimum atomic E-state index is -1.01. The number of methoxy groups -OCH3 is 1. The summed E-state index contributed by atoms with van der Waals surface area (Å²) in [7, 11) is 1.64. The van der Waals surface area contributed by atoms with E-state index in [-0.39, 0.29) is 0 Å². The molecular formula is C23H18O4. The van der Waals surface area contributed by atoms with Crippen molar-refractivity contribution >= 4 is 27.5 Å². The zero-order chi connectivity index (χ0) is 18.8. The summed E-state index contributed by atoms with van der Waals surface area (Å²) in [6.45, 7) is -0.404. The van der Waals surface area contributed by atoms with Gasteiger partial charge in [0.05, 0.1) is 7.11 Å². The van der Waals surface area contributed by atoms with E-state index in [9.17, 15) is 4.79 Å².